The van der Waals surface area contributed by atoms with Crippen LogP contribution in [0.25, 0.3) is 0 Å². The highest BCUT2D eigenvalue weighted by atomic mass is 16.2. The molecule has 0 atom stereocenters. The molecule has 0 saturated heterocycles. The summed E-state index contributed by atoms with van der Waals surface area (Å²) in [6.07, 6.45) is 3.35. The van der Waals surface area contributed by atoms with E-state index < -0.39 is 0 Å². The molecular weight excluding hydrogens is 280 g/mol. The van der Waals surface area contributed by atoms with E-state index in [9.17, 15) is 14.4 Å². The molecule has 1 aromatic carbocycles. The normalized spacial score (nSPS) is 10.1. The molecule has 112 valence electrons. The van der Waals surface area contributed by atoms with Gasteiger partial charge in [-0.15, -0.1) is 0 Å². The number of benzene rings is 1. The number of aromatic nitrogens is 1. The van der Waals surface area contributed by atoms with Crippen molar-refractivity contribution < 1.29 is 19.0 Å². The minimum atomic E-state index is -0.230. The predicted octanol–water partition coefficient (Wildman–Crippen LogP) is 2.02. The molecule has 1 heterocycles. The quantitative estimate of drug-likeness (QED) is 0.678. The Labute approximate surface area is 128 Å². The van der Waals surface area contributed by atoms with Crippen molar-refractivity contribution >= 4 is 23.2 Å². The molecule has 1 N–H and O–H groups in total. The molecule has 2 rings (SSSR count). The van der Waals surface area contributed by atoms with Crippen LogP contribution in [0.1, 0.15) is 34.6 Å². The molecular formula is C17H17N2O3+. The Bertz CT molecular complexity index is 677. The van der Waals surface area contributed by atoms with E-state index in [1.54, 1.807) is 53.4 Å². The van der Waals surface area contributed by atoms with E-state index in [2.05, 4.69) is 5.32 Å². The number of nitrogens with one attached hydrogen (secondary N) is 1. The minimum Gasteiger partial charge on any atom is -0.321 e. The van der Waals surface area contributed by atoms with Gasteiger partial charge in [0.25, 0.3) is 5.91 Å². The van der Waals surface area contributed by atoms with E-state index in [1.165, 1.54) is 13.8 Å². The highest BCUT2D eigenvalue weighted by molar-refractivity contribution is 5.97. The van der Waals surface area contributed by atoms with Gasteiger partial charge in [0.15, 0.2) is 24.0 Å². The van der Waals surface area contributed by atoms with Crippen molar-refractivity contribution in [3.8, 4) is 0 Å². The molecule has 22 heavy (non-hydrogen) atoms. The SMILES string of the molecule is CC(=O)c1cccc(NC(=O)C[n+]2cccc(C(C)=O)c2)c1. The lowest BCUT2D eigenvalue weighted by molar-refractivity contribution is -0.684. The standard InChI is InChI=1S/C17H16N2O3/c1-12(20)14-5-3-7-16(9-14)18-17(22)11-19-8-4-6-15(10-19)13(2)21/h3-10H,11H2,1-2H3/p+1. The van der Waals surface area contributed by atoms with Gasteiger partial charge < -0.3 is 5.32 Å². The third-order valence-corrected chi connectivity index (χ3v) is 3.14. The molecule has 0 saturated carbocycles. The molecule has 0 aliphatic heterocycles. The largest absolute Gasteiger partial charge is 0.321 e. The fourth-order valence-electron chi connectivity index (χ4n) is 2.01. The van der Waals surface area contributed by atoms with Gasteiger partial charge in [0.2, 0.25) is 6.54 Å². The lowest BCUT2D eigenvalue weighted by atomic mass is 10.1. The summed E-state index contributed by atoms with van der Waals surface area (Å²) in [5.74, 6) is -0.338. The van der Waals surface area contributed by atoms with Gasteiger partial charge in [-0.2, -0.15) is 4.57 Å². The summed E-state index contributed by atoms with van der Waals surface area (Å²) < 4.78 is 1.64. The Morgan fingerprint density at radius 3 is 2.36 bits per heavy atom. The van der Waals surface area contributed by atoms with Crippen molar-refractivity contribution in [2.75, 3.05) is 5.32 Å². The first-order chi connectivity index (χ1) is 10.5. The number of hydrogen-bond donors (Lipinski definition) is 1. The maximum absolute atomic E-state index is 12.0. The highest BCUT2D eigenvalue weighted by Crippen LogP contribution is 2.11. The molecule has 0 spiro atoms. The fraction of sp³-hybridized carbons (Fsp3) is 0.176. The molecule has 1 amide bonds. The van der Waals surface area contributed by atoms with Crippen LogP contribution in [0.2, 0.25) is 0 Å². The minimum absolute atomic E-state index is 0.0519. The monoisotopic (exact) mass is 297 g/mol. The number of carbonyl (C=O) groups is 3. The first-order valence-corrected chi connectivity index (χ1v) is 6.86. The van der Waals surface area contributed by atoms with Gasteiger partial charge in [0.1, 0.15) is 0 Å². The number of pyridine rings is 1. The topological polar surface area (TPSA) is 67.1 Å². The average Bonchev–Trinajstić information content (AvgIpc) is 2.47. The third kappa shape index (κ3) is 4.09. The van der Waals surface area contributed by atoms with Gasteiger partial charge in [-0.05, 0) is 32.0 Å². The van der Waals surface area contributed by atoms with Crippen LogP contribution in [0.3, 0.4) is 0 Å². The summed E-state index contributed by atoms with van der Waals surface area (Å²) >= 11 is 0. The molecule has 0 aliphatic rings. The Hall–Kier alpha value is -2.82. The predicted molar refractivity (Wildman–Crippen MR) is 81.7 cm³/mol. The molecule has 0 aliphatic carbocycles. The number of carbonyl (C=O) groups excluding carboxylic acids is 3. The van der Waals surface area contributed by atoms with Crippen LogP contribution in [0.15, 0.2) is 48.8 Å². The van der Waals surface area contributed by atoms with Crippen LogP contribution in [-0.2, 0) is 11.3 Å². The van der Waals surface area contributed by atoms with Crippen molar-refractivity contribution in [1.82, 2.24) is 0 Å². The molecule has 0 bridgehead atoms. The summed E-state index contributed by atoms with van der Waals surface area (Å²) in [5.41, 5.74) is 1.67. The van der Waals surface area contributed by atoms with Crippen LogP contribution >= 0.6 is 0 Å². The van der Waals surface area contributed by atoms with E-state index in [0.29, 0.717) is 16.8 Å². The van der Waals surface area contributed by atoms with Crippen molar-refractivity contribution in [2.24, 2.45) is 0 Å². The molecule has 2 aromatic rings. The zero-order valence-electron chi connectivity index (χ0n) is 12.5. The highest BCUT2D eigenvalue weighted by Gasteiger charge is 2.12. The summed E-state index contributed by atoms with van der Waals surface area (Å²) in [6.45, 7) is 3.04. The summed E-state index contributed by atoms with van der Waals surface area (Å²) in [5, 5.41) is 2.74. The number of hydrogen-bond acceptors (Lipinski definition) is 3. The maximum Gasteiger partial charge on any atom is 0.290 e. The van der Waals surface area contributed by atoms with Gasteiger partial charge in [-0.1, -0.05) is 12.1 Å². The lowest BCUT2D eigenvalue weighted by Gasteiger charge is -2.05. The van der Waals surface area contributed by atoms with Crippen LogP contribution in [0.5, 0.6) is 0 Å². The number of amides is 1. The van der Waals surface area contributed by atoms with Crippen LogP contribution in [0.4, 0.5) is 5.69 Å². The summed E-state index contributed by atoms with van der Waals surface area (Å²) in [4.78, 5) is 34.7. The number of nitrogens with zero attached hydrogens (tertiary/aromatic N) is 1. The maximum atomic E-state index is 12.0. The van der Waals surface area contributed by atoms with Gasteiger partial charge in [0, 0.05) is 17.3 Å². The second kappa shape index (κ2) is 6.76. The van der Waals surface area contributed by atoms with Crippen molar-refractivity contribution in [2.45, 2.75) is 20.4 Å². The Kier molecular flexibility index (Phi) is 4.78. The zero-order chi connectivity index (χ0) is 16.1. The van der Waals surface area contributed by atoms with E-state index >= 15 is 0 Å². The van der Waals surface area contributed by atoms with E-state index in [0.717, 1.165) is 0 Å². The van der Waals surface area contributed by atoms with E-state index in [1.807, 2.05) is 0 Å². The second-order valence-electron chi connectivity index (χ2n) is 5.01. The van der Waals surface area contributed by atoms with Crippen LogP contribution in [-0.4, -0.2) is 17.5 Å². The summed E-state index contributed by atoms with van der Waals surface area (Å²) in [6, 6.07) is 10.2. The smallest absolute Gasteiger partial charge is 0.290 e. The first-order valence-electron chi connectivity index (χ1n) is 6.86. The Balaban J connectivity index is 2.07. The number of Topliss-reactive ketones (excluding diaryl/α,β-unsaturated/α-hetero) is 2. The number of rotatable bonds is 5. The Morgan fingerprint density at radius 1 is 1.00 bits per heavy atom. The molecule has 5 nitrogen and oxygen atoms in total. The Morgan fingerprint density at radius 2 is 1.68 bits per heavy atom. The lowest BCUT2D eigenvalue weighted by Crippen LogP contribution is -2.40. The molecule has 0 radical (unpaired) electrons. The van der Waals surface area contributed by atoms with Gasteiger partial charge in [0.05, 0.1) is 5.56 Å². The molecule has 5 heteroatoms. The first kappa shape index (κ1) is 15.6. The second-order valence-corrected chi connectivity index (χ2v) is 5.01. The molecule has 0 fully saturated rings. The fourth-order valence-corrected chi connectivity index (χ4v) is 2.01. The van der Waals surface area contributed by atoms with Gasteiger partial charge >= 0.3 is 0 Å². The molecule has 1 aromatic heterocycles. The number of ketones is 2. The van der Waals surface area contributed by atoms with Crippen LogP contribution in [0, 0.1) is 0 Å². The van der Waals surface area contributed by atoms with Crippen molar-refractivity contribution in [3.63, 3.8) is 0 Å². The van der Waals surface area contributed by atoms with Crippen LogP contribution < -0.4 is 9.88 Å². The zero-order valence-corrected chi connectivity index (χ0v) is 12.5. The average molecular weight is 297 g/mol. The molecule has 0 unspecified atom stereocenters. The van der Waals surface area contributed by atoms with Gasteiger partial charge in [-0.25, -0.2) is 0 Å². The number of anilines is 1. The van der Waals surface area contributed by atoms with Gasteiger partial charge in [-0.3, -0.25) is 14.4 Å². The van der Waals surface area contributed by atoms with E-state index in [-0.39, 0.29) is 24.0 Å². The summed E-state index contributed by atoms with van der Waals surface area (Å²) in [7, 11) is 0. The van der Waals surface area contributed by atoms with Crippen molar-refractivity contribution in [1.29, 1.82) is 0 Å². The van der Waals surface area contributed by atoms with Crippen molar-refractivity contribution in [3.05, 3.63) is 59.9 Å². The third-order valence-electron chi connectivity index (χ3n) is 3.14. The van der Waals surface area contributed by atoms with E-state index in [4.69, 9.17) is 0 Å².